The minimum Gasteiger partial charge on any atom is -0.481 e. The number of halogens is 1. The van der Waals surface area contributed by atoms with E-state index in [1.807, 2.05) is 38.1 Å². The van der Waals surface area contributed by atoms with Gasteiger partial charge in [-0.2, -0.15) is 0 Å². The molecule has 1 heterocycles. The lowest BCUT2D eigenvalue weighted by atomic mass is 10.1. The molecule has 1 atom stereocenters. The normalized spacial score (nSPS) is 11.9. The predicted molar refractivity (Wildman–Crippen MR) is 126 cm³/mol. The zero-order chi connectivity index (χ0) is 22.8. The zero-order valence-corrected chi connectivity index (χ0v) is 18.7. The summed E-state index contributed by atoms with van der Waals surface area (Å²) in [4.78, 5) is 26.1. The Hall–Kier alpha value is -3.57. The van der Waals surface area contributed by atoms with Gasteiger partial charge in [-0.15, -0.1) is 0 Å². The second kappa shape index (κ2) is 8.89. The van der Waals surface area contributed by atoms with E-state index in [1.54, 1.807) is 49.4 Å². The third-order valence-electron chi connectivity index (χ3n) is 5.18. The summed E-state index contributed by atoms with van der Waals surface area (Å²) in [6.07, 6.45) is -0.813. The highest BCUT2D eigenvalue weighted by Gasteiger charge is 2.25. The van der Waals surface area contributed by atoms with E-state index in [2.05, 4.69) is 5.32 Å². The number of ether oxygens (including phenoxy) is 1. The quantitative estimate of drug-likeness (QED) is 0.350. The largest absolute Gasteiger partial charge is 0.481 e. The molecular weight excluding hydrogens is 426 g/mol. The van der Waals surface area contributed by atoms with E-state index in [-0.39, 0.29) is 11.5 Å². The van der Waals surface area contributed by atoms with Gasteiger partial charge in [0.1, 0.15) is 11.3 Å². The van der Waals surface area contributed by atoms with Crippen LogP contribution in [0, 0.1) is 13.8 Å². The number of ketones is 1. The van der Waals surface area contributed by atoms with Gasteiger partial charge in [0, 0.05) is 16.0 Å². The number of benzene rings is 3. The summed E-state index contributed by atoms with van der Waals surface area (Å²) < 4.78 is 11.6. The Morgan fingerprint density at radius 3 is 2.44 bits per heavy atom. The van der Waals surface area contributed by atoms with E-state index in [9.17, 15) is 9.59 Å². The van der Waals surface area contributed by atoms with Gasteiger partial charge in [-0.3, -0.25) is 9.59 Å². The van der Waals surface area contributed by atoms with Crippen molar-refractivity contribution < 1.29 is 18.7 Å². The molecular formula is C26H22ClNO4. The monoisotopic (exact) mass is 447 g/mol. The maximum atomic E-state index is 13.2. The van der Waals surface area contributed by atoms with Crippen LogP contribution in [0.1, 0.15) is 34.2 Å². The van der Waals surface area contributed by atoms with Crippen molar-refractivity contribution in [2.24, 2.45) is 0 Å². The van der Waals surface area contributed by atoms with Gasteiger partial charge in [-0.1, -0.05) is 53.6 Å². The molecule has 0 spiro atoms. The number of nitrogens with one attached hydrogen (secondary N) is 1. The minimum absolute atomic E-state index is 0.0814. The average Bonchev–Trinajstić information content (AvgIpc) is 3.14. The molecule has 0 fully saturated rings. The van der Waals surface area contributed by atoms with Crippen LogP contribution in [-0.4, -0.2) is 17.8 Å². The Morgan fingerprint density at radius 1 is 1.00 bits per heavy atom. The fourth-order valence-electron chi connectivity index (χ4n) is 3.34. The van der Waals surface area contributed by atoms with E-state index in [4.69, 9.17) is 20.8 Å². The molecule has 3 aromatic carbocycles. The van der Waals surface area contributed by atoms with Crippen LogP contribution >= 0.6 is 11.6 Å². The number of carbonyl (C=O) groups is 2. The second-order valence-electron chi connectivity index (χ2n) is 7.66. The molecule has 1 amide bonds. The number of aryl methyl sites for hydroxylation is 2. The van der Waals surface area contributed by atoms with Crippen molar-refractivity contribution in [3.63, 3.8) is 0 Å². The number of furan rings is 1. The first-order valence-electron chi connectivity index (χ1n) is 10.2. The van der Waals surface area contributed by atoms with Gasteiger partial charge in [0.2, 0.25) is 5.78 Å². The molecule has 1 N–H and O–H groups in total. The first-order valence-corrected chi connectivity index (χ1v) is 10.6. The Kier molecular flexibility index (Phi) is 6.01. The number of carbonyl (C=O) groups excluding carboxylic acids is 2. The molecule has 0 bridgehead atoms. The fourth-order valence-corrected chi connectivity index (χ4v) is 3.46. The van der Waals surface area contributed by atoms with Crippen molar-refractivity contribution in [1.29, 1.82) is 0 Å². The van der Waals surface area contributed by atoms with Gasteiger partial charge in [0.15, 0.2) is 11.9 Å². The van der Waals surface area contributed by atoms with Crippen LogP contribution in [0.4, 0.5) is 5.69 Å². The second-order valence-corrected chi connectivity index (χ2v) is 8.07. The highest BCUT2D eigenvalue weighted by Crippen LogP contribution is 2.33. The molecule has 0 aliphatic carbocycles. The Balaban J connectivity index is 1.63. The Morgan fingerprint density at radius 2 is 1.72 bits per heavy atom. The van der Waals surface area contributed by atoms with Crippen LogP contribution in [0.2, 0.25) is 5.02 Å². The number of anilines is 1. The van der Waals surface area contributed by atoms with Crippen molar-refractivity contribution in [2.45, 2.75) is 26.9 Å². The number of amides is 1. The van der Waals surface area contributed by atoms with Gasteiger partial charge in [-0.25, -0.2) is 0 Å². The summed E-state index contributed by atoms with van der Waals surface area (Å²) in [6.45, 7) is 5.45. The molecule has 0 saturated heterocycles. The molecule has 6 heteroatoms. The standard InChI is InChI=1S/C26H22ClNO4/c1-15-8-10-18(11-9-15)24(29)25-23(20-6-4-5-7-22(20)32-25)28-26(30)17(3)31-19-12-13-21(27)16(2)14-19/h4-14,17H,1-3H3,(H,28,30)/t17-/m1/s1. The summed E-state index contributed by atoms with van der Waals surface area (Å²) in [7, 11) is 0. The molecule has 5 nitrogen and oxygen atoms in total. The van der Waals surface area contributed by atoms with Crippen molar-refractivity contribution >= 4 is 39.9 Å². The van der Waals surface area contributed by atoms with E-state index >= 15 is 0 Å². The van der Waals surface area contributed by atoms with Crippen LogP contribution in [0.25, 0.3) is 11.0 Å². The Labute approximate surface area is 191 Å². The third-order valence-corrected chi connectivity index (χ3v) is 5.60. The first-order chi connectivity index (χ1) is 15.3. The number of fused-ring (bicyclic) bond motifs is 1. The van der Waals surface area contributed by atoms with Crippen molar-refractivity contribution in [1.82, 2.24) is 0 Å². The van der Waals surface area contributed by atoms with Crippen molar-refractivity contribution in [3.8, 4) is 5.75 Å². The zero-order valence-electron chi connectivity index (χ0n) is 17.9. The summed E-state index contributed by atoms with van der Waals surface area (Å²) in [5.41, 5.74) is 3.22. The lowest BCUT2D eigenvalue weighted by molar-refractivity contribution is -0.122. The summed E-state index contributed by atoms with van der Waals surface area (Å²) in [5, 5.41) is 4.11. The lowest BCUT2D eigenvalue weighted by Crippen LogP contribution is -2.30. The van der Waals surface area contributed by atoms with E-state index in [0.717, 1.165) is 11.1 Å². The molecule has 162 valence electrons. The first kappa shape index (κ1) is 21.7. The van der Waals surface area contributed by atoms with Crippen LogP contribution < -0.4 is 10.1 Å². The van der Waals surface area contributed by atoms with Crippen LogP contribution in [0.15, 0.2) is 71.1 Å². The summed E-state index contributed by atoms with van der Waals surface area (Å²) in [6, 6.07) is 19.6. The maximum Gasteiger partial charge on any atom is 0.265 e. The van der Waals surface area contributed by atoms with Crippen molar-refractivity contribution in [2.75, 3.05) is 5.32 Å². The van der Waals surface area contributed by atoms with Gasteiger partial charge in [0.05, 0.1) is 5.69 Å². The third kappa shape index (κ3) is 4.39. The number of hydrogen-bond donors (Lipinski definition) is 1. The van der Waals surface area contributed by atoms with Crippen LogP contribution in [0.3, 0.4) is 0 Å². The molecule has 0 saturated carbocycles. The smallest absolute Gasteiger partial charge is 0.265 e. The molecule has 1 aromatic heterocycles. The number of rotatable bonds is 6. The highest BCUT2D eigenvalue weighted by atomic mass is 35.5. The molecule has 4 rings (SSSR count). The molecule has 0 aliphatic rings. The summed E-state index contributed by atoms with van der Waals surface area (Å²) in [5.74, 6) is -0.0963. The number of hydrogen-bond acceptors (Lipinski definition) is 4. The van der Waals surface area contributed by atoms with E-state index < -0.39 is 12.0 Å². The number of para-hydroxylation sites is 1. The van der Waals surface area contributed by atoms with Gasteiger partial charge >= 0.3 is 0 Å². The van der Waals surface area contributed by atoms with Gasteiger partial charge in [0.25, 0.3) is 5.91 Å². The van der Waals surface area contributed by atoms with Gasteiger partial charge in [-0.05, 0) is 56.7 Å². The molecule has 0 aliphatic heterocycles. The maximum absolute atomic E-state index is 13.2. The van der Waals surface area contributed by atoms with Crippen LogP contribution in [-0.2, 0) is 4.79 Å². The molecule has 32 heavy (non-hydrogen) atoms. The molecule has 4 aromatic rings. The SMILES string of the molecule is Cc1ccc(C(=O)c2oc3ccccc3c2NC(=O)[C@@H](C)Oc2ccc(Cl)c(C)c2)cc1. The topological polar surface area (TPSA) is 68.5 Å². The van der Waals surface area contributed by atoms with E-state index in [1.165, 1.54) is 0 Å². The van der Waals surface area contributed by atoms with Gasteiger partial charge < -0.3 is 14.5 Å². The minimum atomic E-state index is -0.813. The van der Waals surface area contributed by atoms with Crippen LogP contribution in [0.5, 0.6) is 5.75 Å². The summed E-state index contributed by atoms with van der Waals surface area (Å²) >= 11 is 6.06. The Bertz CT molecular complexity index is 1310. The lowest BCUT2D eigenvalue weighted by Gasteiger charge is -2.15. The molecule has 0 unspecified atom stereocenters. The average molecular weight is 448 g/mol. The highest BCUT2D eigenvalue weighted by molar-refractivity contribution is 6.31. The van der Waals surface area contributed by atoms with Crippen molar-refractivity contribution in [3.05, 3.63) is 94.2 Å². The predicted octanol–water partition coefficient (Wildman–Crippen LogP) is 6.34. The fraction of sp³-hybridized carbons (Fsp3) is 0.154. The van der Waals surface area contributed by atoms with E-state index in [0.29, 0.717) is 33.0 Å². The molecule has 0 radical (unpaired) electrons.